The van der Waals surface area contributed by atoms with E-state index in [0.717, 1.165) is 11.1 Å². The van der Waals surface area contributed by atoms with Gasteiger partial charge in [0.15, 0.2) is 5.82 Å². The summed E-state index contributed by atoms with van der Waals surface area (Å²) in [5.41, 5.74) is 1.86. The normalized spacial score (nSPS) is 12.1. The number of hydrogen-bond donors (Lipinski definition) is 0. The van der Waals surface area contributed by atoms with Crippen molar-refractivity contribution in [2.45, 2.75) is 31.1 Å². The first-order chi connectivity index (χ1) is 13.3. The summed E-state index contributed by atoms with van der Waals surface area (Å²) in [6.45, 7) is 4.38. The molecule has 0 atom stereocenters. The standard InChI is InChI=1S/C20H22ClN3O3S/c1-14(2)15-6-10-18(11-7-15)28(25,26)24(3)13-12-19-22-20(27-23-19)16-4-8-17(21)9-5-16/h4-11,14H,12-13H2,1-3H3. The average molecular weight is 420 g/mol. The number of hydrogen-bond acceptors (Lipinski definition) is 5. The fourth-order valence-corrected chi connectivity index (χ4v) is 3.95. The van der Waals surface area contributed by atoms with Crippen LogP contribution in [-0.2, 0) is 16.4 Å². The highest BCUT2D eigenvalue weighted by Gasteiger charge is 2.21. The number of nitrogens with zero attached hydrogens (tertiary/aromatic N) is 3. The molecule has 6 nitrogen and oxygen atoms in total. The molecule has 2 aromatic carbocycles. The number of rotatable bonds is 7. The summed E-state index contributed by atoms with van der Waals surface area (Å²) in [6.07, 6.45) is 0.344. The molecule has 0 N–H and O–H groups in total. The van der Waals surface area contributed by atoms with Crippen molar-refractivity contribution in [1.82, 2.24) is 14.4 Å². The molecule has 0 amide bonds. The van der Waals surface area contributed by atoms with Gasteiger partial charge in [-0.05, 0) is 47.9 Å². The molecule has 3 aromatic rings. The largest absolute Gasteiger partial charge is 0.334 e. The van der Waals surface area contributed by atoms with E-state index in [1.807, 2.05) is 12.1 Å². The maximum absolute atomic E-state index is 12.7. The minimum atomic E-state index is -3.57. The highest BCUT2D eigenvalue weighted by Crippen LogP contribution is 2.21. The molecule has 148 valence electrons. The second-order valence-electron chi connectivity index (χ2n) is 6.82. The van der Waals surface area contributed by atoms with Crippen LogP contribution in [0.2, 0.25) is 5.02 Å². The molecule has 0 aliphatic carbocycles. The molecule has 0 unspecified atom stereocenters. The second kappa shape index (κ2) is 8.43. The van der Waals surface area contributed by atoms with Crippen LogP contribution < -0.4 is 0 Å². The Labute approximate surface area is 170 Å². The van der Waals surface area contributed by atoms with Gasteiger partial charge in [-0.25, -0.2) is 12.7 Å². The Morgan fingerprint density at radius 1 is 1.07 bits per heavy atom. The summed E-state index contributed by atoms with van der Waals surface area (Å²) >= 11 is 5.88. The zero-order chi connectivity index (χ0) is 20.3. The average Bonchev–Trinajstić information content (AvgIpc) is 3.15. The van der Waals surface area contributed by atoms with Crippen molar-refractivity contribution in [2.24, 2.45) is 0 Å². The fraction of sp³-hybridized carbons (Fsp3) is 0.300. The molecule has 1 heterocycles. The van der Waals surface area contributed by atoms with E-state index in [4.69, 9.17) is 16.1 Å². The predicted molar refractivity (Wildman–Crippen MR) is 109 cm³/mol. The minimum Gasteiger partial charge on any atom is -0.334 e. The Hall–Kier alpha value is -2.22. The van der Waals surface area contributed by atoms with Crippen LogP contribution in [0.4, 0.5) is 0 Å². The topological polar surface area (TPSA) is 76.3 Å². The van der Waals surface area contributed by atoms with E-state index in [9.17, 15) is 8.42 Å². The van der Waals surface area contributed by atoms with E-state index in [2.05, 4.69) is 24.0 Å². The van der Waals surface area contributed by atoms with Gasteiger partial charge in [0.1, 0.15) is 0 Å². The van der Waals surface area contributed by atoms with Crippen molar-refractivity contribution in [3.05, 3.63) is 64.9 Å². The van der Waals surface area contributed by atoms with Gasteiger partial charge in [0.05, 0.1) is 4.90 Å². The van der Waals surface area contributed by atoms with Gasteiger partial charge in [-0.3, -0.25) is 0 Å². The quantitative estimate of drug-likeness (QED) is 0.568. The van der Waals surface area contributed by atoms with Crippen LogP contribution in [0.25, 0.3) is 11.5 Å². The number of sulfonamides is 1. The Morgan fingerprint density at radius 2 is 1.71 bits per heavy atom. The van der Waals surface area contributed by atoms with E-state index < -0.39 is 10.0 Å². The van der Waals surface area contributed by atoms with E-state index >= 15 is 0 Å². The Morgan fingerprint density at radius 3 is 2.32 bits per heavy atom. The first-order valence-corrected chi connectivity index (χ1v) is 10.7. The summed E-state index contributed by atoms with van der Waals surface area (Å²) in [6, 6.07) is 14.1. The van der Waals surface area contributed by atoms with Gasteiger partial charge in [0.2, 0.25) is 10.0 Å². The highest BCUT2D eigenvalue weighted by atomic mass is 35.5. The molecule has 0 aliphatic heterocycles. The second-order valence-corrected chi connectivity index (χ2v) is 9.30. The molecular weight excluding hydrogens is 398 g/mol. The molecule has 3 rings (SSSR count). The summed E-state index contributed by atoms with van der Waals surface area (Å²) in [5.74, 6) is 1.17. The van der Waals surface area contributed by atoms with Gasteiger partial charge in [-0.2, -0.15) is 4.98 Å². The van der Waals surface area contributed by atoms with Crippen molar-refractivity contribution in [2.75, 3.05) is 13.6 Å². The number of halogens is 1. The van der Waals surface area contributed by atoms with Crippen LogP contribution in [0.3, 0.4) is 0 Å². The smallest absolute Gasteiger partial charge is 0.257 e. The number of likely N-dealkylation sites (N-methyl/N-ethyl adjacent to an activating group) is 1. The van der Waals surface area contributed by atoms with Crippen LogP contribution in [0, 0.1) is 0 Å². The van der Waals surface area contributed by atoms with Crippen molar-refractivity contribution in [3.63, 3.8) is 0 Å². The zero-order valence-corrected chi connectivity index (χ0v) is 17.5. The van der Waals surface area contributed by atoms with E-state index in [1.54, 1.807) is 43.4 Å². The van der Waals surface area contributed by atoms with E-state index in [-0.39, 0.29) is 11.4 Å². The van der Waals surface area contributed by atoms with Crippen molar-refractivity contribution in [3.8, 4) is 11.5 Å². The zero-order valence-electron chi connectivity index (χ0n) is 16.0. The summed E-state index contributed by atoms with van der Waals surface area (Å²) in [7, 11) is -2.02. The third kappa shape index (κ3) is 4.60. The first kappa shape index (κ1) is 20.5. The van der Waals surface area contributed by atoms with E-state index in [0.29, 0.717) is 29.1 Å². The van der Waals surface area contributed by atoms with Crippen LogP contribution in [0.5, 0.6) is 0 Å². The molecule has 0 saturated heterocycles. The van der Waals surface area contributed by atoms with Gasteiger partial charge < -0.3 is 4.52 Å². The summed E-state index contributed by atoms with van der Waals surface area (Å²) < 4.78 is 32.0. The SMILES string of the molecule is CC(C)c1ccc(S(=O)(=O)N(C)CCc2noc(-c3ccc(Cl)cc3)n2)cc1. The van der Waals surface area contributed by atoms with E-state index in [1.165, 1.54) is 4.31 Å². The van der Waals surface area contributed by atoms with Crippen molar-refractivity contribution < 1.29 is 12.9 Å². The Kier molecular flexibility index (Phi) is 6.17. The van der Waals surface area contributed by atoms with Gasteiger partial charge in [-0.15, -0.1) is 0 Å². The molecule has 0 radical (unpaired) electrons. The molecular formula is C20H22ClN3O3S. The van der Waals surface area contributed by atoms with Crippen molar-refractivity contribution in [1.29, 1.82) is 0 Å². The number of aromatic nitrogens is 2. The summed E-state index contributed by atoms with van der Waals surface area (Å²) in [4.78, 5) is 4.60. The minimum absolute atomic E-state index is 0.244. The molecule has 8 heteroatoms. The lowest BCUT2D eigenvalue weighted by Crippen LogP contribution is -2.29. The van der Waals surface area contributed by atoms with Gasteiger partial charge in [-0.1, -0.05) is 42.7 Å². The summed E-state index contributed by atoms with van der Waals surface area (Å²) in [5, 5.41) is 4.55. The molecule has 0 spiro atoms. The Balaban J connectivity index is 1.66. The lowest BCUT2D eigenvalue weighted by Gasteiger charge is -2.17. The molecule has 1 aromatic heterocycles. The third-order valence-corrected chi connectivity index (χ3v) is 6.59. The van der Waals surface area contributed by atoms with Crippen LogP contribution in [-0.4, -0.2) is 36.5 Å². The number of benzene rings is 2. The lowest BCUT2D eigenvalue weighted by atomic mass is 10.0. The van der Waals surface area contributed by atoms with Gasteiger partial charge in [0, 0.05) is 30.6 Å². The molecule has 0 bridgehead atoms. The molecule has 0 saturated carbocycles. The van der Waals surface area contributed by atoms with Crippen LogP contribution >= 0.6 is 11.6 Å². The third-order valence-electron chi connectivity index (χ3n) is 4.46. The highest BCUT2D eigenvalue weighted by molar-refractivity contribution is 7.89. The maximum atomic E-state index is 12.7. The lowest BCUT2D eigenvalue weighted by molar-refractivity contribution is 0.415. The monoisotopic (exact) mass is 419 g/mol. The fourth-order valence-electron chi connectivity index (χ4n) is 2.65. The van der Waals surface area contributed by atoms with Gasteiger partial charge in [0.25, 0.3) is 5.89 Å². The predicted octanol–water partition coefficient (Wildman–Crippen LogP) is 4.38. The molecule has 0 fully saturated rings. The maximum Gasteiger partial charge on any atom is 0.257 e. The first-order valence-electron chi connectivity index (χ1n) is 8.92. The van der Waals surface area contributed by atoms with Crippen LogP contribution in [0.15, 0.2) is 57.9 Å². The van der Waals surface area contributed by atoms with Gasteiger partial charge >= 0.3 is 0 Å². The van der Waals surface area contributed by atoms with Crippen LogP contribution in [0.1, 0.15) is 31.2 Å². The van der Waals surface area contributed by atoms with Crippen molar-refractivity contribution >= 4 is 21.6 Å². The molecule has 28 heavy (non-hydrogen) atoms. The Bertz CT molecular complexity index is 1030. The molecule has 0 aliphatic rings.